The normalized spacial score (nSPS) is 17.6. The molecule has 0 saturated heterocycles. The van der Waals surface area contributed by atoms with Gasteiger partial charge < -0.3 is 0 Å². The summed E-state index contributed by atoms with van der Waals surface area (Å²) in [6, 6.07) is 0. The van der Waals surface area contributed by atoms with Crippen LogP contribution in [0.4, 0.5) is 0 Å². The number of sulfonamides is 1. The minimum Gasteiger partial charge on any atom is -0.215 e. The highest BCUT2D eigenvalue weighted by Crippen LogP contribution is 2.23. The molecule has 0 bridgehead atoms. The summed E-state index contributed by atoms with van der Waals surface area (Å²) in [5, 5.41) is 3.12. The zero-order valence-electron chi connectivity index (χ0n) is 8.59. The van der Waals surface area contributed by atoms with E-state index < -0.39 is 10.0 Å². The van der Waals surface area contributed by atoms with E-state index in [1.165, 1.54) is 0 Å². The minimum absolute atomic E-state index is 0.211. The molecular formula is C8H16N4O2S. The lowest BCUT2D eigenvalue weighted by Crippen LogP contribution is -2.33. The molecule has 0 aromatic rings. The summed E-state index contributed by atoms with van der Waals surface area (Å²) in [6.45, 7) is 0.696. The molecule has 6 nitrogen and oxygen atoms in total. The van der Waals surface area contributed by atoms with Gasteiger partial charge in [-0.2, -0.15) is 0 Å². The van der Waals surface area contributed by atoms with Gasteiger partial charge in [-0.1, -0.05) is 18.0 Å². The standard InChI is InChI=1S/C8H16N4O2S/c9-12-10-6-3-7-11-15(13,14)8-4-1-2-5-8/h8,11H,1-7H2. The second kappa shape index (κ2) is 5.95. The quantitative estimate of drug-likeness (QED) is 0.325. The van der Waals surface area contributed by atoms with Crippen molar-refractivity contribution in [2.75, 3.05) is 13.1 Å². The lowest BCUT2D eigenvalue weighted by Gasteiger charge is -2.11. The van der Waals surface area contributed by atoms with Crippen molar-refractivity contribution in [1.82, 2.24) is 4.72 Å². The first kappa shape index (κ1) is 12.3. The topological polar surface area (TPSA) is 94.9 Å². The molecule has 7 heteroatoms. The Bertz CT molecular complexity index is 329. The Morgan fingerprint density at radius 2 is 2.07 bits per heavy atom. The van der Waals surface area contributed by atoms with Crippen molar-refractivity contribution in [3.63, 3.8) is 0 Å². The van der Waals surface area contributed by atoms with Gasteiger partial charge >= 0.3 is 0 Å². The van der Waals surface area contributed by atoms with Crippen molar-refractivity contribution in [2.24, 2.45) is 5.11 Å². The number of rotatable bonds is 6. The SMILES string of the molecule is [N-]=[N+]=NCCCNS(=O)(=O)C1CCCC1. The maximum absolute atomic E-state index is 11.7. The highest BCUT2D eigenvalue weighted by molar-refractivity contribution is 7.90. The molecule has 0 heterocycles. The number of hydrogen-bond donors (Lipinski definition) is 1. The van der Waals surface area contributed by atoms with Crippen LogP contribution < -0.4 is 4.72 Å². The van der Waals surface area contributed by atoms with Crippen molar-refractivity contribution < 1.29 is 8.42 Å². The van der Waals surface area contributed by atoms with E-state index in [9.17, 15) is 8.42 Å². The predicted molar refractivity (Wildman–Crippen MR) is 57.8 cm³/mol. The second-order valence-corrected chi connectivity index (χ2v) is 5.70. The molecule has 1 fully saturated rings. The zero-order chi connectivity index (χ0) is 11.1. The van der Waals surface area contributed by atoms with E-state index in [0.717, 1.165) is 25.7 Å². The lowest BCUT2D eigenvalue weighted by atomic mass is 10.4. The summed E-state index contributed by atoms with van der Waals surface area (Å²) in [6.07, 6.45) is 4.10. The average molecular weight is 232 g/mol. The lowest BCUT2D eigenvalue weighted by molar-refractivity contribution is 0.563. The van der Waals surface area contributed by atoms with Crippen LogP contribution in [0, 0.1) is 0 Å². The Kier molecular flexibility index (Phi) is 4.87. The Balaban J connectivity index is 2.26. The maximum Gasteiger partial charge on any atom is 0.214 e. The fourth-order valence-electron chi connectivity index (χ4n) is 1.73. The molecule has 0 aromatic carbocycles. The number of azide groups is 1. The van der Waals surface area contributed by atoms with Gasteiger partial charge in [0.05, 0.1) is 5.25 Å². The molecule has 1 rings (SSSR count). The van der Waals surface area contributed by atoms with E-state index in [1.807, 2.05) is 0 Å². The number of nitrogens with zero attached hydrogens (tertiary/aromatic N) is 3. The van der Waals surface area contributed by atoms with Crippen LogP contribution in [0.3, 0.4) is 0 Å². The van der Waals surface area contributed by atoms with Gasteiger partial charge in [-0.15, -0.1) is 0 Å². The fourth-order valence-corrected chi connectivity index (χ4v) is 3.34. The molecule has 1 N–H and O–H groups in total. The monoisotopic (exact) mass is 232 g/mol. The molecule has 86 valence electrons. The highest BCUT2D eigenvalue weighted by atomic mass is 32.2. The van der Waals surface area contributed by atoms with Crippen molar-refractivity contribution in [3.8, 4) is 0 Å². The van der Waals surface area contributed by atoms with Crippen molar-refractivity contribution in [1.29, 1.82) is 0 Å². The highest BCUT2D eigenvalue weighted by Gasteiger charge is 2.27. The first-order valence-electron chi connectivity index (χ1n) is 5.16. The third-order valence-corrected chi connectivity index (χ3v) is 4.50. The van der Waals surface area contributed by atoms with Crippen LogP contribution in [0.2, 0.25) is 0 Å². The molecule has 0 aliphatic heterocycles. The Hall–Kier alpha value is -0.780. The molecule has 0 unspecified atom stereocenters. The molecule has 1 aliphatic carbocycles. The summed E-state index contributed by atoms with van der Waals surface area (Å²) in [7, 11) is -3.13. The van der Waals surface area contributed by atoms with E-state index >= 15 is 0 Å². The van der Waals surface area contributed by atoms with Crippen LogP contribution in [0.15, 0.2) is 5.11 Å². The summed E-state index contributed by atoms with van der Waals surface area (Å²) in [5.74, 6) is 0. The number of nitrogens with one attached hydrogen (secondary N) is 1. The maximum atomic E-state index is 11.7. The zero-order valence-corrected chi connectivity index (χ0v) is 9.41. The van der Waals surface area contributed by atoms with Crippen molar-refractivity contribution in [2.45, 2.75) is 37.4 Å². The van der Waals surface area contributed by atoms with Gasteiger partial charge in [0.15, 0.2) is 0 Å². The van der Waals surface area contributed by atoms with E-state index in [1.54, 1.807) is 0 Å². The van der Waals surface area contributed by atoms with Crippen LogP contribution >= 0.6 is 0 Å². The molecule has 0 aromatic heterocycles. The third-order valence-electron chi connectivity index (χ3n) is 2.54. The molecule has 0 atom stereocenters. The minimum atomic E-state index is -3.13. The molecule has 0 amide bonds. The first-order valence-corrected chi connectivity index (χ1v) is 6.71. The van der Waals surface area contributed by atoms with Gasteiger partial charge in [-0.05, 0) is 24.8 Å². The van der Waals surface area contributed by atoms with Gasteiger partial charge in [-0.3, -0.25) is 0 Å². The van der Waals surface area contributed by atoms with Crippen LogP contribution in [0.1, 0.15) is 32.1 Å². The molecule has 1 aliphatic rings. The second-order valence-electron chi connectivity index (χ2n) is 3.65. The van der Waals surface area contributed by atoms with Gasteiger partial charge in [0.1, 0.15) is 0 Å². The average Bonchev–Trinajstić information content (AvgIpc) is 2.70. The van der Waals surface area contributed by atoms with E-state index in [4.69, 9.17) is 5.53 Å². The van der Waals surface area contributed by atoms with Crippen LogP contribution in [-0.2, 0) is 10.0 Å². The summed E-state index contributed by atoms with van der Waals surface area (Å²) in [5.41, 5.74) is 8.02. The van der Waals surface area contributed by atoms with Crippen molar-refractivity contribution in [3.05, 3.63) is 10.4 Å². The van der Waals surface area contributed by atoms with E-state index in [2.05, 4.69) is 14.7 Å². The van der Waals surface area contributed by atoms with Crippen LogP contribution in [-0.4, -0.2) is 26.8 Å². The molecule has 0 spiro atoms. The van der Waals surface area contributed by atoms with Crippen molar-refractivity contribution >= 4 is 10.0 Å². The fraction of sp³-hybridized carbons (Fsp3) is 1.00. The van der Waals surface area contributed by atoms with Gasteiger partial charge in [-0.25, -0.2) is 13.1 Å². The van der Waals surface area contributed by atoms with Crippen LogP contribution in [0.5, 0.6) is 0 Å². The van der Waals surface area contributed by atoms with E-state index in [-0.39, 0.29) is 5.25 Å². The largest absolute Gasteiger partial charge is 0.215 e. The molecule has 0 radical (unpaired) electrons. The van der Waals surface area contributed by atoms with E-state index in [0.29, 0.717) is 19.5 Å². The summed E-state index contributed by atoms with van der Waals surface area (Å²) in [4.78, 5) is 2.59. The first-order chi connectivity index (χ1) is 7.17. The summed E-state index contributed by atoms with van der Waals surface area (Å²) >= 11 is 0. The Labute approximate surface area is 89.7 Å². The molecule has 15 heavy (non-hydrogen) atoms. The summed E-state index contributed by atoms with van der Waals surface area (Å²) < 4.78 is 25.9. The number of hydrogen-bond acceptors (Lipinski definition) is 3. The van der Waals surface area contributed by atoms with Gasteiger partial charge in [0, 0.05) is 18.0 Å². The molecule has 1 saturated carbocycles. The van der Waals surface area contributed by atoms with Crippen LogP contribution in [0.25, 0.3) is 10.4 Å². The predicted octanol–water partition coefficient (Wildman–Crippen LogP) is 1.55. The van der Waals surface area contributed by atoms with Gasteiger partial charge in [0.2, 0.25) is 10.0 Å². The Morgan fingerprint density at radius 1 is 1.40 bits per heavy atom. The Morgan fingerprint density at radius 3 is 2.67 bits per heavy atom. The smallest absolute Gasteiger partial charge is 0.214 e. The third kappa shape index (κ3) is 4.07. The molecular weight excluding hydrogens is 216 g/mol. The van der Waals surface area contributed by atoms with Gasteiger partial charge in [0.25, 0.3) is 0 Å².